The summed E-state index contributed by atoms with van der Waals surface area (Å²) in [6.45, 7) is 3.21. The highest BCUT2D eigenvalue weighted by Gasteiger charge is 2.19. The van der Waals surface area contributed by atoms with Crippen molar-refractivity contribution in [3.05, 3.63) is 34.7 Å². The molecule has 4 nitrogen and oxygen atoms in total. The molecule has 1 fully saturated rings. The van der Waals surface area contributed by atoms with Crippen molar-refractivity contribution in [2.75, 3.05) is 19.6 Å². The highest BCUT2D eigenvalue weighted by molar-refractivity contribution is 4.93. The molecule has 0 aliphatic carbocycles. The molecule has 15 heavy (non-hydrogen) atoms. The summed E-state index contributed by atoms with van der Waals surface area (Å²) in [6.07, 6.45) is 2.47. The number of hydrogen-bond acceptors (Lipinski definition) is 3. The van der Waals surface area contributed by atoms with Gasteiger partial charge in [0.15, 0.2) is 0 Å². The fraction of sp³-hybridized carbons (Fsp3) is 0.545. The van der Waals surface area contributed by atoms with Gasteiger partial charge in [-0.05, 0) is 12.5 Å². The Labute approximate surface area is 88.8 Å². The van der Waals surface area contributed by atoms with E-state index in [9.17, 15) is 9.90 Å². The van der Waals surface area contributed by atoms with Crippen LogP contribution in [0.4, 0.5) is 0 Å². The van der Waals surface area contributed by atoms with Crippen LogP contribution in [-0.2, 0) is 6.54 Å². The van der Waals surface area contributed by atoms with Crippen molar-refractivity contribution >= 4 is 0 Å². The van der Waals surface area contributed by atoms with Crippen LogP contribution in [0.3, 0.4) is 0 Å². The first-order valence-corrected chi connectivity index (χ1v) is 5.31. The van der Waals surface area contributed by atoms with E-state index in [1.165, 1.54) is 0 Å². The molecule has 1 aliphatic rings. The summed E-state index contributed by atoms with van der Waals surface area (Å²) in [5.74, 6) is 0. The van der Waals surface area contributed by atoms with Crippen LogP contribution >= 0.6 is 0 Å². The molecule has 0 radical (unpaired) electrons. The number of hydrogen-bond donors (Lipinski definition) is 1. The van der Waals surface area contributed by atoms with Gasteiger partial charge in [-0.25, -0.2) is 0 Å². The van der Waals surface area contributed by atoms with Crippen LogP contribution in [0.15, 0.2) is 29.2 Å². The molecule has 1 atom stereocenters. The Morgan fingerprint density at radius 3 is 2.93 bits per heavy atom. The molecule has 1 aromatic rings. The van der Waals surface area contributed by atoms with E-state index in [1.54, 1.807) is 22.9 Å². The average Bonchev–Trinajstić information content (AvgIpc) is 2.63. The summed E-state index contributed by atoms with van der Waals surface area (Å²) in [4.78, 5) is 13.6. The van der Waals surface area contributed by atoms with E-state index >= 15 is 0 Å². The third kappa shape index (κ3) is 2.67. The van der Waals surface area contributed by atoms with Crippen LogP contribution in [0, 0.1) is 0 Å². The van der Waals surface area contributed by atoms with Gasteiger partial charge >= 0.3 is 0 Å². The van der Waals surface area contributed by atoms with Gasteiger partial charge in [-0.3, -0.25) is 9.69 Å². The van der Waals surface area contributed by atoms with E-state index < -0.39 is 0 Å². The number of aliphatic hydroxyl groups excluding tert-OH is 1. The van der Waals surface area contributed by atoms with Gasteiger partial charge < -0.3 is 9.67 Å². The first-order valence-electron chi connectivity index (χ1n) is 5.31. The van der Waals surface area contributed by atoms with E-state index in [2.05, 4.69) is 4.90 Å². The van der Waals surface area contributed by atoms with E-state index in [4.69, 9.17) is 0 Å². The molecule has 0 bridgehead atoms. The van der Waals surface area contributed by atoms with Gasteiger partial charge in [0.05, 0.1) is 6.10 Å². The highest BCUT2D eigenvalue weighted by atomic mass is 16.3. The zero-order valence-electron chi connectivity index (χ0n) is 8.67. The molecule has 1 aliphatic heterocycles. The minimum Gasteiger partial charge on any atom is -0.392 e. The van der Waals surface area contributed by atoms with Gasteiger partial charge in [-0.15, -0.1) is 0 Å². The Hall–Kier alpha value is -1.13. The Bertz CT molecular complexity index is 375. The van der Waals surface area contributed by atoms with E-state index in [-0.39, 0.29) is 11.7 Å². The van der Waals surface area contributed by atoms with Crippen LogP contribution in [0.2, 0.25) is 0 Å². The van der Waals surface area contributed by atoms with Crippen LogP contribution in [0.5, 0.6) is 0 Å². The number of likely N-dealkylation sites (tertiary alicyclic amines) is 1. The molecule has 82 valence electrons. The Balaban J connectivity index is 1.88. The zero-order chi connectivity index (χ0) is 10.7. The van der Waals surface area contributed by atoms with Crippen LogP contribution in [0.1, 0.15) is 6.42 Å². The summed E-state index contributed by atoms with van der Waals surface area (Å²) in [5, 5.41) is 9.34. The Morgan fingerprint density at radius 1 is 1.40 bits per heavy atom. The molecule has 0 unspecified atom stereocenters. The smallest absolute Gasteiger partial charge is 0.250 e. The molecule has 0 spiro atoms. The normalized spacial score (nSPS) is 22.1. The Kier molecular flexibility index (Phi) is 3.18. The number of aliphatic hydroxyl groups is 1. The quantitative estimate of drug-likeness (QED) is 0.755. The molecule has 1 aromatic heterocycles. The first kappa shape index (κ1) is 10.4. The summed E-state index contributed by atoms with van der Waals surface area (Å²) >= 11 is 0. The lowest BCUT2D eigenvalue weighted by Crippen LogP contribution is -2.29. The van der Waals surface area contributed by atoms with Crippen molar-refractivity contribution in [2.45, 2.75) is 19.1 Å². The van der Waals surface area contributed by atoms with Crippen molar-refractivity contribution in [1.82, 2.24) is 9.47 Å². The van der Waals surface area contributed by atoms with Crippen molar-refractivity contribution in [1.29, 1.82) is 0 Å². The van der Waals surface area contributed by atoms with Crippen molar-refractivity contribution < 1.29 is 5.11 Å². The van der Waals surface area contributed by atoms with Crippen molar-refractivity contribution in [3.8, 4) is 0 Å². The minimum absolute atomic E-state index is 0.0391. The summed E-state index contributed by atoms with van der Waals surface area (Å²) in [6, 6.07) is 5.18. The van der Waals surface area contributed by atoms with Crippen LogP contribution in [0.25, 0.3) is 0 Å². The van der Waals surface area contributed by atoms with Gasteiger partial charge in [0.2, 0.25) is 0 Å². The van der Waals surface area contributed by atoms with Gasteiger partial charge in [-0.2, -0.15) is 0 Å². The lowest BCUT2D eigenvalue weighted by atomic mass is 10.3. The maximum atomic E-state index is 11.4. The number of β-amino-alcohol motifs (C(OH)–C–C–N with tert-alkyl or cyclic N) is 1. The average molecular weight is 208 g/mol. The summed E-state index contributed by atoms with van der Waals surface area (Å²) in [5.41, 5.74) is 0.0391. The third-order valence-corrected chi connectivity index (χ3v) is 2.80. The van der Waals surface area contributed by atoms with Crippen molar-refractivity contribution in [2.24, 2.45) is 0 Å². The Morgan fingerprint density at radius 2 is 2.27 bits per heavy atom. The minimum atomic E-state index is -0.183. The van der Waals surface area contributed by atoms with Crippen LogP contribution < -0.4 is 5.56 Å². The predicted octanol–water partition coefficient (Wildman–Crippen LogP) is -0.0851. The number of aromatic nitrogens is 1. The zero-order valence-corrected chi connectivity index (χ0v) is 8.67. The SMILES string of the molecule is O=c1ccccn1CCN1CC[C@@H](O)C1. The highest BCUT2D eigenvalue weighted by Crippen LogP contribution is 2.07. The first-order chi connectivity index (χ1) is 7.25. The molecule has 0 aromatic carbocycles. The fourth-order valence-electron chi connectivity index (χ4n) is 1.91. The van der Waals surface area contributed by atoms with Gasteiger partial charge in [0.1, 0.15) is 0 Å². The second-order valence-corrected chi connectivity index (χ2v) is 3.98. The summed E-state index contributed by atoms with van der Waals surface area (Å²) < 4.78 is 1.70. The topological polar surface area (TPSA) is 45.5 Å². The number of nitrogens with zero attached hydrogens (tertiary/aromatic N) is 2. The maximum Gasteiger partial charge on any atom is 0.250 e. The third-order valence-electron chi connectivity index (χ3n) is 2.80. The van der Waals surface area contributed by atoms with Gasteiger partial charge in [0.25, 0.3) is 5.56 Å². The standard InChI is InChI=1S/C11H16N2O2/c14-10-4-6-12(9-10)7-8-13-5-2-1-3-11(13)15/h1-3,5,10,14H,4,6-9H2/t10-/m1/s1. The maximum absolute atomic E-state index is 11.4. The lowest BCUT2D eigenvalue weighted by Gasteiger charge is -2.15. The second-order valence-electron chi connectivity index (χ2n) is 3.98. The molecule has 0 saturated carbocycles. The monoisotopic (exact) mass is 208 g/mol. The van der Waals surface area contributed by atoms with Gasteiger partial charge in [0, 0.05) is 38.4 Å². The van der Waals surface area contributed by atoms with Crippen LogP contribution in [-0.4, -0.2) is 40.3 Å². The largest absolute Gasteiger partial charge is 0.392 e. The second kappa shape index (κ2) is 4.59. The molecular formula is C11H16N2O2. The number of rotatable bonds is 3. The van der Waals surface area contributed by atoms with E-state index in [1.807, 2.05) is 6.07 Å². The molecule has 2 rings (SSSR count). The number of pyridine rings is 1. The van der Waals surface area contributed by atoms with E-state index in [0.29, 0.717) is 6.54 Å². The molecular weight excluding hydrogens is 192 g/mol. The summed E-state index contributed by atoms with van der Waals surface area (Å²) in [7, 11) is 0. The predicted molar refractivity (Wildman–Crippen MR) is 57.8 cm³/mol. The molecule has 4 heteroatoms. The molecule has 1 N–H and O–H groups in total. The lowest BCUT2D eigenvalue weighted by molar-refractivity contribution is 0.175. The van der Waals surface area contributed by atoms with Gasteiger partial charge in [-0.1, -0.05) is 6.07 Å². The fourth-order valence-corrected chi connectivity index (χ4v) is 1.91. The molecule has 0 amide bonds. The molecule has 2 heterocycles. The van der Waals surface area contributed by atoms with E-state index in [0.717, 1.165) is 26.1 Å². The van der Waals surface area contributed by atoms with Crippen molar-refractivity contribution in [3.63, 3.8) is 0 Å². The molecule has 1 saturated heterocycles.